The van der Waals surface area contributed by atoms with Crippen LogP contribution in [0.1, 0.15) is 181 Å². The van der Waals surface area contributed by atoms with E-state index < -0.39 is 84.3 Å². The molecule has 0 aromatic heterocycles. The van der Waals surface area contributed by atoms with Gasteiger partial charge in [-0.2, -0.15) is 0 Å². The fourth-order valence-electron chi connectivity index (χ4n) is 7.40. The van der Waals surface area contributed by atoms with E-state index in [4.69, 9.17) is 23.8 Å². The number of phosphoric ester groups is 2. The van der Waals surface area contributed by atoms with Gasteiger partial charge in [-0.25, -0.2) is 9.13 Å². The molecular weight excluding hydrogens is 870 g/mol. The molecule has 1 aliphatic carbocycles. The molecule has 0 spiro atoms. The van der Waals surface area contributed by atoms with Crippen LogP contribution in [0.25, 0.3) is 0 Å². The van der Waals surface area contributed by atoms with Gasteiger partial charge in [0.15, 0.2) is 6.10 Å². The Kier molecular flexibility index (Phi) is 34.1. The van der Waals surface area contributed by atoms with Gasteiger partial charge < -0.3 is 39.5 Å². The molecular formula is C46H84O16P2. The number of carbonyl (C=O) groups excluding carboxylic acids is 3. The Bertz CT molecular complexity index is 1400. The second-order valence-electron chi connectivity index (χ2n) is 17.7. The molecule has 1 saturated carbocycles. The van der Waals surface area contributed by atoms with E-state index >= 15 is 0 Å². The molecule has 1 aliphatic rings. The Labute approximate surface area is 383 Å². The number of hydrogen-bond acceptors (Lipinski definition) is 13. The molecule has 1 fully saturated rings. The van der Waals surface area contributed by atoms with Gasteiger partial charge in [0.2, 0.25) is 0 Å². The minimum atomic E-state index is -4.90. The van der Waals surface area contributed by atoms with Crippen molar-refractivity contribution in [3.63, 3.8) is 0 Å². The summed E-state index contributed by atoms with van der Waals surface area (Å²) in [6.45, 7) is 3.69. The predicted octanol–water partition coefficient (Wildman–Crippen LogP) is 9.12. The summed E-state index contributed by atoms with van der Waals surface area (Å²) in [5.74, 6) is -1.31. The summed E-state index contributed by atoms with van der Waals surface area (Å²) in [5, 5.41) is 30.5. The van der Waals surface area contributed by atoms with Gasteiger partial charge in [-0.05, 0) is 38.0 Å². The van der Waals surface area contributed by atoms with E-state index in [1.54, 1.807) is 12.2 Å². The molecule has 1 rings (SSSR count). The highest BCUT2D eigenvalue weighted by atomic mass is 31.2. The fraction of sp³-hybridized carbons (Fsp3) is 0.848. The van der Waals surface area contributed by atoms with Gasteiger partial charge in [-0.15, -0.1) is 0 Å². The van der Waals surface area contributed by atoms with Gasteiger partial charge >= 0.3 is 27.6 Å². The highest BCUT2D eigenvalue weighted by Gasteiger charge is 2.39. The monoisotopic (exact) mass is 955 g/mol. The van der Waals surface area contributed by atoms with E-state index in [1.807, 2.05) is 12.2 Å². The van der Waals surface area contributed by atoms with Crippen LogP contribution in [0.2, 0.25) is 0 Å². The number of aliphatic hydroxyl groups excluding tert-OH is 3. The van der Waals surface area contributed by atoms with Crippen LogP contribution < -0.4 is 0 Å². The third kappa shape index (κ3) is 33.6. The lowest BCUT2D eigenvalue weighted by atomic mass is 9.90. The molecule has 0 aromatic carbocycles. The molecule has 0 amide bonds. The Balaban J connectivity index is 2.53. The topological polar surface area (TPSA) is 253 Å². The molecule has 0 saturated heterocycles. The molecule has 0 bridgehead atoms. The SMILES string of the molecule is CCCCC[C@H](O)/C=C/[C@H]1C(=O)C[C@H](O)[C@@H]1C/C=C\CCCC(=O)O[C@H](COC(=O)CCCCCCCCCCCCCCCCC(C)C)COP(=O)(O)OC[C@@H](O)COP(=O)(O)O. The van der Waals surface area contributed by atoms with Crippen LogP contribution in [0.5, 0.6) is 0 Å². The zero-order valence-corrected chi connectivity index (χ0v) is 40.8. The first-order valence-corrected chi connectivity index (χ1v) is 27.0. The largest absolute Gasteiger partial charge is 0.472 e. The minimum absolute atomic E-state index is 0.0544. The lowest BCUT2D eigenvalue weighted by molar-refractivity contribution is -0.161. The first-order valence-electron chi connectivity index (χ1n) is 24.0. The van der Waals surface area contributed by atoms with E-state index in [0.29, 0.717) is 32.1 Å². The zero-order valence-electron chi connectivity index (χ0n) is 39.0. The van der Waals surface area contributed by atoms with Gasteiger partial charge in [-0.3, -0.25) is 28.0 Å². The number of esters is 2. The van der Waals surface area contributed by atoms with Crippen LogP contribution >= 0.6 is 15.6 Å². The number of unbranched alkanes of at least 4 members (excludes halogenated alkanes) is 16. The maximum absolute atomic E-state index is 12.8. The van der Waals surface area contributed by atoms with Crippen molar-refractivity contribution >= 4 is 33.4 Å². The van der Waals surface area contributed by atoms with Crippen LogP contribution in [-0.2, 0) is 46.6 Å². The molecule has 16 nitrogen and oxygen atoms in total. The molecule has 0 aromatic rings. The number of carbonyl (C=O) groups is 3. The molecule has 1 unspecified atom stereocenters. The van der Waals surface area contributed by atoms with Crippen molar-refractivity contribution in [1.82, 2.24) is 0 Å². The second-order valence-corrected chi connectivity index (χ2v) is 20.3. The fourth-order valence-corrected chi connectivity index (χ4v) is 8.55. The first-order chi connectivity index (χ1) is 30.4. The summed E-state index contributed by atoms with van der Waals surface area (Å²) in [6, 6.07) is 0. The normalized spacial score (nSPS) is 19.4. The van der Waals surface area contributed by atoms with E-state index in [0.717, 1.165) is 44.4 Å². The van der Waals surface area contributed by atoms with Crippen LogP contribution in [0, 0.1) is 17.8 Å². The average Bonchev–Trinajstić information content (AvgIpc) is 3.50. The van der Waals surface area contributed by atoms with Gasteiger partial charge in [0.25, 0.3) is 0 Å². The predicted molar refractivity (Wildman–Crippen MR) is 245 cm³/mol. The van der Waals surface area contributed by atoms with Crippen molar-refractivity contribution in [2.24, 2.45) is 17.8 Å². The maximum atomic E-state index is 12.8. The van der Waals surface area contributed by atoms with Crippen LogP contribution in [0.15, 0.2) is 24.3 Å². The number of ether oxygens (including phenoxy) is 2. The summed E-state index contributed by atoms with van der Waals surface area (Å²) in [6.07, 6.45) is 25.4. The molecule has 7 atom stereocenters. The third-order valence-electron chi connectivity index (χ3n) is 11.1. The molecule has 0 aliphatic heterocycles. The number of Topliss-reactive ketones (excluding diaryl/α,β-unsaturated/α-hetero) is 1. The van der Waals surface area contributed by atoms with Crippen LogP contribution in [0.3, 0.4) is 0 Å². The van der Waals surface area contributed by atoms with Gasteiger partial charge in [0, 0.05) is 31.1 Å². The second kappa shape index (κ2) is 36.3. The summed E-state index contributed by atoms with van der Waals surface area (Å²) in [5.41, 5.74) is 0. The number of hydrogen-bond donors (Lipinski definition) is 6. The number of rotatable bonds is 41. The summed E-state index contributed by atoms with van der Waals surface area (Å²) in [4.78, 5) is 65.6. The van der Waals surface area contributed by atoms with E-state index in [-0.39, 0.29) is 31.0 Å². The summed E-state index contributed by atoms with van der Waals surface area (Å²) in [7, 11) is -9.78. The van der Waals surface area contributed by atoms with E-state index in [9.17, 15) is 43.7 Å². The van der Waals surface area contributed by atoms with Crippen molar-refractivity contribution in [3.05, 3.63) is 24.3 Å². The van der Waals surface area contributed by atoms with Crippen molar-refractivity contribution in [2.45, 2.75) is 206 Å². The number of allylic oxidation sites excluding steroid dienone is 3. The third-order valence-corrected chi connectivity index (χ3v) is 12.6. The molecule has 6 N–H and O–H groups in total. The summed E-state index contributed by atoms with van der Waals surface area (Å²) >= 11 is 0. The number of phosphoric acid groups is 2. The Morgan fingerprint density at radius 1 is 0.703 bits per heavy atom. The standard InChI is InChI=1S/C46H84O16P2/c1-4-5-20-26-38(47)30-31-42-41(43(49)32-44(42)50)27-22-18-19-24-29-46(52)62-40(36-61-64(56,57)60-34-39(48)33-59-63(53,54)55)35-58-45(51)28-23-17-15-13-11-9-7-6-8-10-12-14-16-21-25-37(2)3/h18,22,30-31,37-43,47-49H,4-17,19-21,23-29,32-36H2,1-3H3,(H,56,57)(H2,53,54,55)/b22-18-,31-30+/t38-,39-,40+,41+,42+,43-/m0/s1. The van der Waals surface area contributed by atoms with Crippen molar-refractivity contribution in [3.8, 4) is 0 Å². The molecule has 18 heteroatoms. The van der Waals surface area contributed by atoms with Crippen LogP contribution in [0.4, 0.5) is 0 Å². The minimum Gasteiger partial charge on any atom is -0.462 e. The van der Waals surface area contributed by atoms with Crippen molar-refractivity contribution < 1.29 is 76.6 Å². The Morgan fingerprint density at radius 2 is 1.25 bits per heavy atom. The van der Waals surface area contributed by atoms with E-state index in [2.05, 4.69) is 29.8 Å². The van der Waals surface area contributed by atoms with Gasteiger partial charge in [0.05, 0.1) is 32.0 Å². The quantitative estimate of drug-likeness (QED) is 0.0145. The average molecular weight is 955 g/mol. The van der Waals surface area contributed by atoms with Crippen LogP contribution in [-0.4, -0.2) is 98.6 Å². The van der Waals surface area contributed by atoms with Crippen molar-refractivity contribution in [1.29, 1.82) is 0 Å². The van der Waals surface area contributed by atoms with Gasteiger partial charge in [-0.1, -0.05) is 154 Å². The molecule has 374 valence electrons. The highest BCUT2D eigenvalue weighted by molar-refractivity contribution is 7.47. The van der Waals surface area contributed by atoms with E-state index in [1.165, 1.54) is 70.6 Å². The lowest BCUT2D eigenvalue weighted by Gasteiger charge is -2.20. The maximum Gasteiger partial charge on any atom is 0.472 e. The Hall–Kier alpha value is -1.81. The zero-order chi connectivity index (χ0) is 47.6. The highest BCUT2D eigenvalue weighted by Crippen LogP contribution is 2.44. The number of aliphatic hydroxyl groups is 3. The summed E-state index contributed by atoms with van der Waals surface area (Å²) < 4.78 is 47.8. The first kappa shape index (κ1) is 60.2. The number of ketones is 1. The van der Waals surface area contributed by atoms with Crippen molar-refractivity contribution in [2.75, 3.05) is 26.4 Å². The molecule has 0 radical (unpaired) electrons. The Morgan fingerprint density at radius 3 is 1.84 bits per heavy atom. The van der Waals surface area contributed by atoms with Gasteiger partial charge in [0.1, 0.15) is 18.5 Å². The molecule has 64 heavy (non-hydrogen) atoms. The molecule has 0 heterocycles. The lowest BCUT2D eigenvalue weighted by Crippen LogP contribution is -2.29. The smallest absolute Gasteiger partial charge is 0.462 e.